The molecule has 36 heavy (non-hydrogen) atoms. The maximum atomic E-state index is 2.34. The van der Waals surface area contributed by atoms with Crippen molar-refractivity contribution in [1.82, 2.24) is 0 Å². The third-order valence-electron chi connectivity index (χ3n) is 6.49. The van der Waals surface area contributed by atoms with Gasteiger partial charge in [0.25, 0.3) is 0 Å². The van der Waals surface area contributed by atoms with Crippen LogP contribution < -0.4 is 9.80 Å². The molecule has 0 aliphatic rings. The van der Waals surface area contributed by atoms with Gasteiger partial charge in [-0.15, -0.1) is 11.8 Å². The molecule has 2 nitrogen and oxygen atoms in total. The van der Waals surface area contributed by atoms with Gasteiger partial charge in [0.05, 0.1) is 0 Å². The van der Waals surface area contributed by atoms with Crippen LogP contribution in [0.5, 0.6) is 0 Å². The van der Waals surface area contributed by atoms with E-state index in [2.05, 4.69) is 148 Å². The maximum absolute atomic E-state index is 2.34. The molecule has 0 amide bonds. The summed E-state index contributed by atoms with van der Waals surface area (Å²) in [5.74, 6) is 0.950. The van der Waals surface area contributed by atoms with Crippen molar-refractivity contribution in [1.29, 1.82) is 0 Å². The molecular formula is C33H36N2S. The largest absolute Gasteiger partial charge is 0.345 e. The summed E-state index contributed by atoms with van der Waals surface area (Å²) in [6.45, 7) is 6.45. The lowest BCUT2D eigenvalue weighted by Crippen LogP contribution is -2.09. The van der Waals surface area contributed by atoms with Crippen molar-refractivity contribution in [3.63, 3.8) is 0 Å². The first kappa shape index (κ1) is 25.7. The van der Waals surface area contributed by atoms with Crippen LogP contribution in [0.1, 0.15) is 35.6 Å². The van der Waals surface area contributed by atoms with Crippen molar-refractivity contribution in [3.8, 4) is 0 Å². The fraction of sp³-hybridized carbons (Fsp3) is 0.212. The standard InChI is InChI=1S/C33H36N2S/c1-6-7-33(28-14-22-32(23-15-28)35(5)30-18-10-26(3)11-19-30)36-24-27-12-20-31(21-13-27)34(4)29-16-8-25(2)9-17-29/h7-23H,6,24H2,1-5H3/b33-7-. The van der Waals surface area contributed by atoms with Gasteiger partial charge >= 0.3 is 0 Å². The summed E-state index contributed by atoms with van der Waals surface area (Å²) in [7, 11) is 4.24. The lowest BCUT2D eigenvalue weighted by Gasteiger charge is -2.20. The Hall–Kier alpha value is -3.43. The Morgan fingerprint density at radius 1 is 0.611 bits per heavy atom. The zero-order valence-electron chi connectivity index (χ0n) is 22.0. The van der Waals surface area contributed by atoms with Crippen LogP contribution in [0.15, 0.2) is 103 Å². The SMILES string of the molecule is CC/C=C(\SCc1ccc(N(C)c2ccc(C)cc2)cc1)c1ccc(N(C)c2ccc(C)cc2)cc1. The van der Waals surface area contributed by atoms with Gasteiger partial charge in [-0.1, -0.05) is 72.7 Å². The predicted molar refractivity (Wildman–Crippen MR) is 161 cm³/mol. The van der Waals surface area contributed by atoms with Gasteiger partial charge in [0, 0.05) is 47.5 Å². The van der Waals surface area contributed by atoms with Crippen molar-refractivity contribution in [2.24, 2.45) is 0 Å². The van der Waals surface area contributed by atoms with E-state index in [0.717, 1.165) is 12.2 Å². The number of benzene rings is 4. The Morgan fingerprint density at radius 2 is 1.00 bits per heavy atom. The lowest BCUT2D eigenvalue weighted by molar-refractivity contribution is 1.20. The van der Waals surface area contributed by atoms with Crippen LogP contribution in [0.2, 0.25) is 0 Å². The molecule has 0 fully saturated rings. The van der Waals surface area contributed by atoms with E-state index in [0.29, 0.717) is 0 Å². The quantitative estimate of drug-likeness (QED) is 0.230. The van der Waals surface area contributed by atoms with Crippen LogP contribution in [-0.2, 0) is 5.75 Å². The van der Waals surface area contributed by atoms with E-state index in [1.807, 2.05) is 11.8 Å². The van der Waals surface area contributed by atoms with Gasteiger partial charge in [-0.25, -0.2) is 0 Å². The topological polar surface area (TPSA) is 6.48 Å². The Balaban J connectivity index is 1.41. The summed E-state index contributed by atoms with van der Waals surface area (Å²) in [6.07, 6.45) is 3.36. The average molecular weight is 493 g/mol. The molecule has 0 heterocycles. The van der Waals surface area contributed by atoms with Gasteiger partial charge in [-0.3, -0.25) is 0 Å². The third kappa shape index (κ3) is 6.41. The van der Waals surface area contributed by atoms with Crippen molar-refractivity contribution < 1.29 is 0 Å². The summed E-state index contributed by atoms with van der Waals surface area (Å²) in [6, 6.07) is 35.2. The van der Waals surface area contributed by atoms with E-state index in [4.69, 9.17) is 0 Å². The normalized spacial score (nSPS) is 11.4. The van der Waals surface area contributed by atoms with Gasteiger partial charge < -0.3 is 9.80 Å². The zero-order chi connectivity index (χ0) is 25.5. The molecule has 0 spiro atoms. The maximum Gasteiger partial charge on any atom is 0.0408 e. The fourth-order valence-electron chi connectivity index (χ4n) is 4.11. The van der Waals surface area contributed by atoms with E-state index in [1.54, 1.807) is 0 Å². The summed E-state index contributed by atoms with van der Waals surface area (Å²) in [5, 5.41) is 0. The second-order valence-corrected chi connectivity index (χ2v) is 10.3. The molecule has 3 heteroatoms. The van der Waals surface area contributed by atoms with Crippen molar-refractivity contribution in [2.45, 2.75) is 32.9 Å². The first-order valence-corrected chi connectivity index (χ1v) is 13.6. The van der Waals surface area contributed by atoms with Crippen LogP contribution in [0, 0.1) is 13.8 Å². The highest BCUT2D eigenvalue weighted by Gasteiger charge is 2.08. The Labute approximate surface area is 221 Å². The summed E-state index contributed by atoms with van der Waals surface area (Å²) in [4.78, 5) is 5.80. The summed E-state index contributed by atoms with van der Waals surface area (Å²) >= 11 is 1.91. The molecule has 0 aromatic heterocycles. The first-order valence-electron chi connectivity index (χ1n) is 12.6. The Morgan fingerprint density at radius 3 is 1.42 bits per heavy atom. The van der Waals surface area contributed by atoms with Crippen LogP contribution in [-0.4, -0.2) is 14.1 Å². The van der Waals surface area contributed by atoms with E-state index >= 15 is 0 Å². The second-order valence-electron chi connectivity index (χ2n) is 9.27. The van der Waals surface area contributed by atoms with Crippen molar-refractivity contribution in [3.05, 3.63) is 125 Å². The predicted octanol–water partition coefficient (Wildman–Crippen LogP) is 9.52. The number of nitrogens with zero attached hydrogens (tertiary/aromatic N) is 2. The number of aryl methyl sites for hydroxylation is 2. The highest BCUT2D eigenvalue weighted by Crippen LogP contribution is 2.34. The third-order valence-corrected chi connectivity index (χ3v) is 7.68. The minimum Gasteiger partial charge on any atom is -0.345 e. The Kier molecular flexibility index (Phi) is 8.56. The highest BCUT2D eigenvalue weighted by atomic mass is 32.2. The number of anilines is 4. The zero-order valence-corrected chi connectivity index (χ0v) is 22.8. The van der Waals surface area contributed by atoms with E-state index in [-0.39, 0.29) is 0 Å². The lowest BCUT2D eigenvalue weighted by atomic mass is 10.1. The van der Waals surface area contributed by atoms with Gasteiger partial charge in [0.2, 0.25) is 0 Å². The number of thioether (sulfide) groups is 1. The number of hydrogen-bond acceptors (Lipinski definition) is 3. The summed E-state index contributed by atoms with van der Waals surface area (Å²) < 4.78 is 0. The molecule has 0 saturated carbocycles. The molecule has 0 aliphatic carbocycles. The molecule has 4 aromatic carbocycles. The molecule has 4 rings (SSSR count). The van der Waals surface area contributed by atoms with E-state index < -0.39 is 0 Å². The average Bonchev–Trinajstić information content (AvgIpc) is 2.91. The number of allylic oxidation sites excluding steroid dienone is 1. The number of rotatable bonds is 9. The molecule has 0 atom stereocenters. The molecule has 0 N–H and O–H groups in total. The van der Waals surface area contributed by atoms with Crippen LogP contribution in [0.4, 0.5) is 22.7 Å². The van der Waals surface area contributed by atoms with Crippen LogP contribution in [0.3, 0.4) is 0 Å². The minimum atomic E-state index is 0.950. The highest BCUT2D eigenvalue weighted by molar-refractivity contribution is 8.07. The monoisotopic (exact) mass is 492 g/mol. The molecule has 0 bridgehead atoms. The molecule has 0 radical (unpaired) electrons. The summed E-state index contributed by atoms with van der Waals surface area (Å²) in [5.41, 5.74) is 9.96. The molecule has 184 valence electrons. The van der Waals surface area contributed by atoms with Crippen molar-refractivity contribution in [2.75, 3.05) is 23.9 Å². The van der Waals surface area contributed by atoms with E-state index in [1.165, 1.54) is 49.9 Å². The van der Waals surface area contributed by atoms with Gasteiger partial charge in [0.1, 0.15) is 0 Å². The molecular weight excluding hydrogens is 456 g/mol. The smallest absolute Gasteiger partial charge is 0.0408 e. The van der Waals surface area contributed by atoms with Gasteiger partial charge in [-0.05, 0) is 79.9 Å². The van der Waals surface area contributed by atoms with Gasteiger partial charge in [0.15, 0.2) is 0 Å². The number of hydrogen-bond donors (Lipinski definition) is 0. The second kappa shape index (κ2) is 12.0. The van der Waals surface area contributed by atoms with Crippen molar-refractivity contribution >= 4 is 39.4 Å². The first-order chi connectivity index (χ1) is 17.4. The molecule has 4 aromatic rings. The Bertz CT molecular complexity index is 1270. The van der Waals surface area contributed by atoms with E-state index in [9.17, 15) is 0 Å². The minimum absolute atomic E-state index is 0.950. The molecule has 0 saturated heterocycles. The van der Waals surface area contributed by atoms with Gasteiger partial charge in [-0.2, -0.15) is 0 Å². The van der Waals surface area contributed by atoms with Crippen LogP contribution >= 0.6 is 11.8 Å². The molecule has 0 aliphatic heterocycles. The fourth-order valence-corrected chi connectivity index (χ4v) is 5.21. The molecule has 0 unspecified atom stereocenters. The van der Waals surface area contributed by atoms with Crippen LogP contribution in [0.25, 0.3) is 4.91 Å².